The first-order valence-electron chi connectivity index (χ1n) is 5.94. The van der Waals surface area contributed by atoms with E-state index in [1.807, 2.05) is 18.2 Å². The van der Waals surface area contributed by atoms with E-state index >= 15 is 0 Å². The van der Waals surface area contributed by atoms with Crippen LogP contribution >= 0.6 is 0 Å². The number of carbonyl (C=O) groups is 2. The van der Waals surface area contributed by atoms with Crippen LogP contribution in [-0.4, -0.2) is 43.5 Å². The van der Waals surface area contributed by atoms with Gasteiger partial charge < -0.3 is 9.22 Å². The third-order valence-corrected chi connectivity index (χ3v) is 2.67. The first-order valence-corrected chi connectivity index (χ1v) is 5.94. The Hall–Kier alpha value is -1.68. The molecule has 0 heterocycles. The Bertz CT molecular complexity index is 412. The molecule has 1 aromatic carbocycles. The minimum Gasteiger partial charge on any atom is -0.454 e. The number of hydrogen-bond donors (Lipinski definition) is 0. The summed E-state index contributed by atoms with van der Waals surface area (Å²) in [4.78, 5) is 21.7. The fourth-order valence-corrected chi connectivity index (χ4v) is 1.64. The number of nitrogens with zero attached hydrogens (tertiary/aromatic N) is 1. The van der Waals surface area contributed by atoms with Crippen LogP contribution in [0.25, 0.3) is 0 Å². The first kappa shape index (κ1) is 14.4. The van der Waals surface area contributed by atoms with E-state index in [2.05, 4.69) is 26.2 Å². The average molecular weight is 250 g/mol. The largest absolute Gasteiger partial charge is 0.454 e. The zero-order valence-corrected chi connectivity index (χ0v) is 11.2. The van der Waals surface area contributed by atoms with Crippen LogP contribution in [0.4, 0.5) is 0 Å². The maximum atomic E-state index is 11.0. The monoisotopic (exact) mass is 250 g/mol. The second kappa shape index (κ2) is 6.31. The molecule has 0 N–H and O–H groups in total. The van der Waals surface area contributed by atoms with Crippen LogP contribution in [0, 0.1) is 0 Å². The Morgan fingerprint density at radius 1 is 1.17 bits per heavy atom. The quantitative estimate of drug-likeness (QED) is 0.435. The molecule has 18 heavy (non-hydrogen) atoms. The van der Waals surface area contributed by atoms with E-state index in [9.17, 15) is 9.59 Å². The van der Waals surface area contributed by atoms with Gasteiger partial charge in [-0.2, -0.15) is 0 Å². The molecular weight excluding hydrogens is 230 g/mol. The van der Waals surface area contributed by atoms with Crippen LogP contribution in [0.3, 0.4) is 0 Å². The number of quaternary nitrogens is 1. The second-order valence-electron chi connectivity index (χ2n) is 5.00. The highest BCUT2D eigenvalue weighted by atomic mass is 16.5. The van der Waals surface area contributed by atoms with E-state index in [0.29, 0.717) is 11.0 Å². The molecule has 1 rings (SSSR count). The van der Waals surface area contributed by atoms with Gasteiger partial charge in [0.15, 0.2) is 0 Å². The van der Waals surface area contributed by atoms with E-state index in [0.717, 1.165) is 6.54 Å². The lowest BCUT2D eigenvalue weighted by atomic mass is 10.2. The number of rotatable bonds is 6. The van der Waals surface area contributed by atoms with E-state index in [1.54, 1.807) is 0 Å². The Morgan fingerprint density at radius 3 is 2.33 bits per heavy atom. The minimum atomic E-state index is -0.755. The van der Waals surface area contributed by atoms with Gasteiger partial charge in [0.2, 0.25) is 5.78 Å². The highest BCUT2D eigenvalue weighted by Gasteiger charge is 2.17. The van der Waals surface area contributed by atoms with Crippen molar-refractivity contribution in [3.8, 4) is 0 Å². The fraction of sp³-hybridized carbons (Fsp3) is 0.429. The van der Waals surface area contributed by atoms with Crippen LogP contribution in [-0.2, 0) is 20.9 Å². The summed E-state index contributed by atoms with van der Waals surface area (Å²) in [7, 11) is 4.13. The number of esters is 1. The zero-order chi connectivity index (χ0) is 13.6. The zero-order valence-electron chi connectivity index (χ0n) is 11.2. The van der Waals surface area contributed by atoms with Gasteiger partial charge in [0.25, 0.3) is 0 Å². The van der Waals surface area contributed by atoms with Crippen LogP contribution in [0.15, 0.2) is 30.3 Å². The van der Waals surface area contributed by atoms with Gasteiger partial charge in [0.05, 0.1) is 14.1 Å². The average Bonchev–Trinajstić information content (AvgIpc) is 2.29. The van der Waals surface area contributed by atoms with Crippen molar-refractivity contribution in [3.63, 3.8) is 0 Å². The summed E-state index contributed by atoms with van der Waals surface area (Å²) in [5.41, 5.74) is 1.24. The summed E-state index contributed by atoms with van der Waals surface area (Å²) in [6.07, 6.45) is 0. The van der Waals surface area contributed by atoms with E-state index < -0.39 is 11.8 Å². The molecule has 0 radical (unpaired) electrons. The fourth-order valence-electron chi connectivity index (χ4n) is 1.64. The molecule has 98 valence electrons. The molecule has 0 saturated carbocycles. The molecule has 0 amide bonds. The number of Topliss-reactive ketones (excluding diaryl/α,β-unsaturated/α-hetero) is 1. The molecule has 0 spiro atoms. The molecule has 4 heteroatoms. The first-order chi connectivity index (χ1) is 8.41. The Kier molecular flexibility index (Phi) is 5.04. The summed E-state index contributed by atoms with van der Waals surface area (Å²) >= 11 is 0. The van der Waals surface area contributed by atoms with Gasteiger partial charge in [-0.3, -0.25) is 4.79 Å². The molecule has 0 fully saturated rings. The molecule has 0 aliphatic carbocycles. The number of benzene rings is 1. The van der Waals surface area contributed by atoms with Crippen molar-refractivity contribution in [2.45, 2.75) is 13.5 Å². The SMILES string of the molecule is CC(=O)C(=O)OCC[N+](C)(C)Cc1ccccc1. The molecule has 0 unspecified atom stereocenters. The van der Waals surface area contributed by atoms with Gasteiger partial charge in [-0.25, -0.2) is 4.79 Å². The number of carbonyl (C=O) groups excluding carboxylic acids is 2. The number of likely N-dealkylation sites (N-methyl/N-ethyl adjacent to an activating group) is 1. The van der Waals surface area contributed by atoms with E-state index in [-0.39, 0.29) is 6.61 Å². The van der Waals surface area contributed by atoms with Crippen LogP contribution < -0.4 is 0 Å². The van der Waals surface area contributed by atoms with Crippen LogP contribution in [0.2, 0.25) is 0 Å². The van der Waals surface area contributed by atoms with Crippen molar-refractivity contribution in [2.75, 3.05) is 27.2 Å². The summed E-state index contributed by atoms with van der Waals surface area (Å²) < 4.78 is 5.58. The van der Waals surface area contributed by atoms with Crippen LogP contribution in [0.5, 0.6) is 0 Å². The highest BCUT2D eigenvalue weighted by Crippen LogP contribution is 2.08. The lowest BCUT2D eigenvalue weighted by Crippen LogP contribution is -2.42. The Balaban J connectivity index is 2.40. The molecule has 0 atom stereocenters. The van der Waals surface area contributed by atoms with E-state index in [1.165, 1.54) is 12.5 Å². The number of ether oxygens (including phenoxy) is 1. The molecular formula is C14H20NO3+. The topological polar surface area (TPSA) is 43.4 Å². The van der Waals surface area contributed by atoms with Gasteiger partial charge in [0.1, 0.15) is 19.7 Å². The minimum absolute atomic E-state index is 0.262. The predicted molar refractivity (Wildman–Crippen MR) is 68.8 cm³/mol. The normalized spacial score (nSPS) is 11.1. The van der Waals surface area contributed by atoms with E-state index in [4.69, 9.17) is 4.74 Å². The maximum Gasteiger partial charge on any atom is 0.374 e. The Labute approximate surface area is 108 Å². The van der Waals surface area contributed by atoms with Crippen molar-refractivity contribution in [1.82, 2.24) is 0 Å². The summed E-state index contributed by atoms with van der Waals surface area (Å²) in [5.74, 6) is -1.31. The summed E-state index contributed by atoms with van der Waals surface area (Å²) in [5, 5.41) is 0. The number of hydrogen-bond acceptors (Lipinski definition) is 3. The summed E-state index contributed by atoms with van der Waals surface area (Å²) in [6, 6.07) is 10.1. The summed E-state index contributed by atoms with van der Waals surface area (Å²) in [6.45, 7) is 3.01. The van der Waals surface area contributed by atoms with Crippen LogP contribution in [0.1, 0.15) is 12.5 Å². The van der Waals surface area contributed by atoms with Crippen molar-refractivity contribution >= 4 is 11.8 Å². The third kappa shape index (κ3) is 5.10. The molecule has 0 bridgehead atoms. The van der Waals surface area contributed by atoms with Gasteiger partial charge in [-0.1, -0.05) is 30.3 Å². The molecule has 4 nitrogen and oxygen atoms in total. The van der Waals surface area contributed by atoms with Gasteiger partial charge in [-0.05, 0) is 0 Å². The predicted octanol–water partition coefficient (Wildman–Crippen LogP) is 1.40. The van der Waals surface area contributed by atoms with Gasteiger partial charge >= 0.3 is 5.97 Å². The highest BCUT2D eigenvalue weighted by molar-refractivity contribution is 6.32. The van der Waals surface area contributed by atoms with Gasteiger partial charge in [-0.15, -0.1) is 0 Å². The molecule has 0 aromatic heterocycles. The molecule has 1 aromatic rings. The lowest BCUT2D eigenvalue weighted by Gasteiger charge is -2.29. The maximum absolute atomic E-state index is 11.0. The lowest BCUT2D eigenvalue weighted by molar-refractivity contribution is -0.903. The van der Waals surface area contributed by atoms with Crippen molar-refractivity contribution < 1.29 is 18.8 Å². The van der Waals surface area contributed by atoms with Gasteiger partial charge in [0, 0.05) is 12.5 Å². The second-order valence-corrected chi connectivity index (χ2v) is 5.00. The molecule has 0 aliphatic rings. The molecule has 0 saturated heterocycles. The number of ketones is 1. The smallest absolute Gasteiger partial charge is 0.374 e. The Morgan fingerprint density at radius 2 is 1.78 bits per heavy atom. The standard InChI is InChI=1S/C14H20NO3/c1-12(16)14(17)18-10-9-15(2,3)11-13-7-5-4-6-8-13/h4-8H,9-11H2,1-3H3/q+1. The van der Waals surface area contributed by atoms with Crippen molar-refractivity contribution in [1.29, 1.82) is 0 Å². The third-order valence-electron chi connectivity index (χ3n) is 2.67. The molecule has 0 aliphatic heterocycles. The van der Waals surface area contributed by atoms with Crippen molar-refractivity contribution in [3.05, 3.63) is 35.9 Å². The van der Waals surface area contributed by atoms with Crippen molar-refractivity contribution in [2.24, 2.45) is 0 Å².